The first-order valence-corrected chi connectivity index (χ1v) is 9.43. The molecule has 0 aliphatic heterocycles. The van der Waals surface area contributed by atoms with Gasteiger partial charge in [0.1, 0.15) is 5.75 Å². The summed E-state index contributed by atoms with van der Waals surface area (Å²) < 4.78 is 13.1. The van der Waals surface area contributed by atoms with Gasteiger partial charge in [0.25, 0.3) is 5.91 Å². The molecule has 0 fully saturated rings. The van der Waals surface area contributed by atoms with Gasteiger partial charge in [0.2, 0.25) is 0 Å². The average Bonchev–Trinajstić information content (AvgIpc) is 2.98. The second-order valence-corrected chi connectivity index (χ2v) is 6.73. The molecule has 1 amide bonds. The third-order valence-electron chi connectivity index (χ3n) is 3.93. The molecule has 1 aromatic heterocycles. The number of esters is 1. The van der Waals surface area contributed by atoms with Crippen molar-refractivity contribution in [1.29, 1.82) is 0 Å². The van der Waals surface area contributed by atoms with Gasteiger partial charge in [-0.15, -0.1) is 0 Å². The van der Waals surface area contributed by atoms with Gasteiger partial charge in [0.05, 0.1) is 29.0 Å². The number of nitrogens with zero attached hydrogens (tertiary/aromatic N) is 2. The Labute approximate surface area is 160 Å². The van der Waals surface area contributed by atoms with Crippen LogP contribution in [0, 0.1) is 0 Å². The minimum atomic E-state index is -0.362. The van der Waals surface area contributed by atoms with E-state index in [1.165, 1.54) is 11.3 Å². The standard InChI is InChI=1S/C20H20N2O4S/c1-4-25-15-9-6-13(7-10-15)18(23)21-20-22(3)16-11-8-14(12-17(16)27-20)19(24)26-5-2/h6-12H,4-5H2,1-3H3. The highest BCUT2D eigenvalue weighted by molar-refractivity contribution is 7.16. The van der Waals surface area contributed by atoms with Gasteiger partial charge in [-0.3, -0.25) is 4.79 Å². The summed E-state index contributed by atoms with van der Waals surface area (Å²) in [7, 11) is 1.84. The zero-order chi connectivity index (χ0) is 19.4. The van der Waals surface area contributed by atoms with Crippen molar-refractivity contribution in [3.05, 3.63) is 58.4 Å². The molecule has 7 heteroatoms. The number of benzene rings is 2. The molecule has 3 rings (SSSR count). The summed E-state index contributed by atoms with van der Waals surface area (Å²) in [5.41, 5.74) is 1.87. The molecule has 6 nitrogen and oxygen atoms in total. The fourth-order valence-electron chi connectivity index (χ4n) is 2.59. The first-order valence-electron chi connectivity index (χ1n) is 8.62. The van der Waals surface area contributed by atoms with Gasteiger partial charge in [-0.25, -0.2) is 4.79 Å². The minimum Gasteiger partial charge on any atom is -0.494 e. The summed E-state index contributed by atoms with van der Waals surface area (Å²) in [5, 5.41) is 0. The molecule has 0 bridgehead atoms. The van der Waals surface area contributed by atoms with Crippen LogP contribution in [-0.4, -0.2) is 29.7 Å². The zero-order valence-electron chi connectivity index (χ0n) is 15.4. The Balaban J connectivity index is 1.94. The molecule has 0 aliphatic carbocycles. The van der Waals surface area contributed by atoms with Crippen molar-refractivity contribution in [2.24, 2.45) is 12.0 Å². The van der Waals surface area contributed by atoms with Gasteiger partial charge >= 0.3 is 5.97 Å². The van der Waals surface area contributed by atoms with Crippen molar-refractivity contribution in [1.82, 2.24) is 4.57 Å². The number of carbonyl (C=O) groups is 2. The second kappa shape index (κ2) is 8.18. The van der Waals surface area contributed by atoms with E-state index in [-0.39, 0.29) is 11.9 Å². The van der Waals surface area contributed by atoms with E-state index in [1.807, 2.05) is 24.6 Å². The molecule has 0 unspecified atom stereocenters. The summed E-state index contributed by atoms with van der Waals surface area (Å²) in [4.78, 5) is 29.2. The predicted molar refractivity (Wildman–Crippen MR) is 104 cm³/mol. The van der Waals surface area contributed by atoms with E-state index >= 15 is 0 Å². The van der Waals surface area contributed by atoms with Crippen LogP contribution in [0.25, 0.3) is 10.2 Å². The highest BCUT2D eigenvalue weighted by atomic mass is 32.1. The number of ether oxygens (including phenoxy) is 2. The topological polar surface area (TPSA) is 69.9 Å². The molecule has 0 saturated carbocycles. The van der Waals surface area contributed by atoms with Crippen molar-refractivity contribution in [3.8, 4) is 5.75 Å². The number of hydrogen-bond acceptors (Lipinski definition) is 5. The van der Waals surface area contributed by atoms with Gasteiger partial charge < -0.3 is 14.0 Å². The Hall–Kier alpha value is -2.93. The molecule has 1 heterocycles. The minimum absolute atomic E-state index is 0.326. The molecule has 0 radical (unpaired) electrons. The monoisotopic (exact) mass is 384 g/mol. The summed E-state index contributed by atoms with van der Waals surface area (Å²) in [6.45, 7) is 4.57. The summed E-state index contributed by atoms with van der Waals surface area (Å²) >= 11 is 1.35. The molecule has 0 aliphatic rings. The lowest BCUT2D eigenvalue weighted by Crippen LogP contribution is -2.13. The molecule has 0 atom stereocenters. The van der Waals surface area contributed by atoms with Crippen LogP contribution in [0.1, 0.15) is 34.6 Å². The SMILES string of the molecule is CCOC(=O)c1ccc2c(c1)sc(=NC(=O)c1ccc(OCC)cc1)n2C. The summed E-state index contributed by atoms with van der Waals surface area (Å²) in [5.74, 6) is 0.0261. The van der Waals surface area contributed by atoms with Crippen molar-refractivity contribution in [3.63, 3.8) is 0 Å². The lowest BCUT2D eigenvalue weighted by Gasteiger charge is -2.02. The largest absolute Gasteiger partial charge is 0.494 e. The zero-order valence-corrected chi connectivity index (χ0v) is 16.2. The van der Waals surface area contributed by atoms with Crippen LogP contribution in [0.5, 0.6) is 5.75 Å². The quantitative estimate of drug-likeness (QED) is 0.631. The van der Waals surface area contributed by atoms with Crippen molar-refractivity contribution >= 4 is 33.4 Å². The predicted octanol–water partition coefficient (Wildman–Crippen LogP) is 3.56. The van der Waals surface area contributed by atoms with Crippen LogP contribution in [0.15, 0.2) is 47.5 Å². The van der Waals surface area contributed by atoms with E-state index in [4.69, 9.17) is 9.47 Å². The maximum Gasteiger partial charge on any atom is 0.338 e. The molecule has 0 N–H and O–H groups in total. The van der Waals surface area contributed by atoms with E-state index in [9.17, 15) is 9.59 Å². The molecule has 0 saturated heterocycles. The van der Waals surface area contributed by atoms with Gasteiger partial charge in [0, 0.05) is 12.6 Å². The Bertz CT molecular complexity index is 1050. The second-order valence-electron chi connectivity index (χ2n) is 5.72. The third-order valence-corrected chi connectivity index (χ3v) is 5.02. The lowest BCUT2D eigenvalue weighted by atomic mass is 10.2. The lowest BCUT2D eigenvalue weighted by molar-refractivity contribution is 0.0526. The van der Waals surface area contributed by atoms with E-state index in [0.29, 0.717) is 34.9 Å². The molecule has 27 heavy (non-hydrogen) atoms. The molecule has 2 aromatic carbocycles. The van der Waals surface area contributed by atoms with E-state index in [2.05, 4.69) is 4.99 Å². The molecular weight excluding hydrogens is 364 g/mol. The van der Waals surface area contributed by atoms with E-state index in [0.717, 1.165) is 10.2 Å². The Kier molecular flexibility index (Phi) is 5.71. The van der Waals surface area contributed by atoms with E-state index in [1.54, 1.807) is 43.3 Å². The normalized spacial score (nSPS) is 11.6. The number of aromatic nitrogens is 1. The van der Waals surface area contributed by atoms with Crippen LogP contribution in [-0.2, 0) is 11.8 Å². The Morgan fingerprint density at radius 1 is 1.04 bits per heavy atom. The number of rotatable bonds is 5. The number of thiazole rings is 1. The maximum atomic E-state index is 12.5. The number of carbonyl (C=O) groups excluding carboxylic acids is 2. The van der Waals surface area contributed by atoms with Crippen LogP contribution in [0.2, 0.25) is 0 Å². The molecule has 140 valence electrons. The van der Waals surface area contributed by atoms with Crippen molar-refractivity contribution in [2.75, 3.05) is 13.2 Å². The highest BCUT2D eigenvalue weighted by Crippen LogP contribution is 2.19. The third kappa shape index (κ3) is 4.09. The van der Waals surface area contributed by atoms with Gasteiger partial charge in [-0.2, -0.15) is 4.99 Å². The van der Waals surface area contributed by atoms with Gasteiger partial charge in [-0.05, 0) is 56.3 Å². The number of hydrogen-bond donors (Lipinski definition) is 0. The summed E-state index contributed by atoms with van der Waals surface area (Å²) in [6, 6.07) is 12.2. The Morgan fingerprint density at radius 3 is 2.41 bits per heavy atom. The number of fused-ring (bicyclic) bond motifs is 1. The van der Waals surface area contributed by atoms with Gasteiger partial charge in [0.15, 0.2) is 4.80 Å². The maximum absolute atomic E-state index is 12.5. The van der Waals surface area contributed by atoms with Crippen molar-refractivity contribution < 1.29 is 19.1 Å². The van der Waals surface area contributed by atoms with Crippen LogP contribution >= 0.6 is 11.3 Å². The van der Waals surface area contributed by atoms with Crippen LogP contribution in [0.4, 0.5) is 0 Å². The number of amides is 1. The first kappa shape index (κ1) is 18.8. The van der Waals surface area contributed by atoms with E-state index < -0.39 is 0 Å². The van der Waals surface area contributed by atoms with Crippen LogP contribution in [0.3, 0.4) is 0 Å². The first-order chi connectivity index (χ1) is 13.0. The average molecular weight is 384 g/mol. The number of aryl methyl sites for hydroxylation is 1. The molecule has 3 aromatic rings. The van der Waals surface area contributed by atoms with Crippen LogP contribution < -0.4 is 9.54 Å². The molecule has 0 spiro atoms. The summed E-state index contributed by atoms with van der Waals surface area (Å²) in [6.07, 6.45) is 0. The smallest absolute Gasteiger partial charge is 0.338 e. The fraction of sp³-hybridized carbons (Fsp3) is 0.250. The highest BCUT2D eigenvalue weighted by Gasteiger charge is 2.11. The Morgan fingerprint density at radius 2 is 1.74 bits per heavy atom. The fourth-order valence-corrected chi connectivity index (χ4v) is 3.65. The van der Waals surface area contributed by atoms with Crippen molar-refractivity contribution in [2.45, 2.75) is 13.8 Å². The molecular formula is C20H20N2O4S. The van der Waals surface area contributed by atoms with Gasteiger partial charge in [-0.1, -0.05) is 11.3 Å².